The Morgan fingerprint density at radius 2 is 1.81 bits per heavy atom. The number of carbonyl (C=O) groups is 1. The maximum Gasteiger partial charge on any atom is 0.274 e. The molecule has 0 saturated heterocycles. The van der Waals surface area contributed by atoms with Crippen molar-refractivity contribution in [2.24, 2.45) is 0 Å². The second-order valence-corrected chi connectivity index (χ2v) is 6.21. The number of nitrogens with one attached hydrogen (secondary N) is 2. The van der Waals surface area contributed by atoms with Crippen LogP contribution in [0.5, 0.6) is 0 Å². The molecule has 0 radical (unpaired) electrons. The summed E-state index contributed by atoms with van der Waals surface area (Å²) in [6, 6.07) is 15.5. The van der Waals surface area contributed by atoms with E-state index in [1.165, 1.54) is 5.56 Å². The average molecular weight is 346 g/mol. The SMILES string of the molecule is CCc1ccc(NC(=O)c2ccnc(Nc3cc(C)ccc3C)n2)cc1. The zero-order chi connectivity index (χ0) is 18.5. The average Bonchev–Trinajstić information content (AvgIpc) is 2.65. The fraction of sp³-hybridized carbons (Fsp3) is 0.190. The summed E-state index contributed by atoms with van der Waals surface area (Å²) < 4.78 is 0. The van der Waals surface area contributed by atoms with Crippen LogP contribution >= 0.6 is 0 Å². The Bertz CT molecular complexity index is 920. The van der Waals surface area contributed by atoms with E-state index in [0.29, 0.717) is 11.6 Å². The summed E-state index contributed by atoms with van der Waals surface area (Å²) in [6.45, 7) is 6.14. The van der Waals surface area contributed by atoms with Gasteiger partial charge in [0.1, 0.15) is 5.69 Å². The number of hydrogen-bond acceptors (Lipinski definition) is 4. The van der Waals surface area contributed by atoms with Gasteiger partial charge >= 0.3 is 0 Å². The molecule has 0 atom stereocenters. The van der Waals surface area contributed by atoms with Crippen molar-refractivity contribution in [3.05, 3.63) is 77.1 Å². The van der Waals surface area contributed by atoms with Crippen LogP contribution < -0.4 is 10.6 Å². The molecule has 0 bridgehead atoms. The Kier molecular flexibility index (Phi) is 5.27. The summed E-state index contributed by atoms with van der Waals surface area (Å²) >= 11 is 0. The van der Waals surface area contributed by atoms with Crippen LogP contribution in [0.25, 0.3) is 0 Å². The second kappa shape index (κ2) is 7.78. The van der Waals surface area contributed by atoms with E-state index in [1.807, 2.05) is 50.2 Å². The van der Waals surface area contributed by atoms with Crippen molar-refractivity contribution in [3.8, 4) is 0 Å². The van der Waals surface area contributed by atoms with Crippen LogP contribution in [-0.4, -0.2) is 15.9 Å². The van der Waals surface area contributed by atoms with E-state index in [0.717, 1.165) is 28.9 Å². The minimum atomic E-state index is -0.263. The molecule has 3 rings (SSSR count). The molecule has 0 unspecified atom stereocenters. The number of nitrogens with zero attached hydrogens (tertiary/aromatic N) is 2. The molecular formula is C21H22N4O. The van der Waals surface area contributed by atoms with Gasteiger partial charge in [-0.1, -0.05) is 31.2 Å². The van der Waals surface area contributed by atoms with Gasteiger partial charge < -0.3 is 10.6 Å². The Labute approximate surface area is 153 Å². The topological polar surface area (TPSA) is 66.9 Å². The van der Waals surface area contributed by atoms with Gasteiger partial charge in [0, 0.05) is 17.6 Å². The lowest BCUT2D eigenvalue weighted by molar-refractivity contribution is 0.102. The first-order valence-corrected chi connectivity index (χ1v) is 8.63. The van der Waals surface area contributed by atoms with E-state index in [4.69, 9.17) is 0 Å². The van der Waals surface area contributed by atoms with E-state index >= 15 is 0 Å². The van der Waals surface area contributed by atoms with Crippen molar-refractivity contribution in [3.63, 3.8) is 0 Å². The normalized spacial score (nSPS) is 10.4. The number of hydrogen-bond donors (Lipinski definition) is 2. The molecule has 2 aromatic carbocycles. The summed E-state index contributed by atoms with van der Waals surface area (Å²) in [5, 5.41) is 6.05. The molecule has 0 aliphatic rings. The van der Waals surface area contributed by atoms with Gasteiger partial charge in [-0.25, -0.2) is 9.97 Å². The van der Waals surface area contributed by atoms with Gasteiger partial charge in [-0.05, 0) is 61.2 Å². The lowest BCUT2D eigenvalue weighted by Crippen LogP contribution is -2.14. The zero-order valence-corrected chi connectivity index (χ0v) is 15.2. The monoisotopic (exact) mass is 346 g/mol. The number of amides is 1. The standard InChI is InChI=1S/C21H22N4O/c1-4-16-7-9-17(10-8-16)23-20(26)18-11-12-22-21(24-18)25-19-13-14(2)5-6-15(19)3/h5-13H,4H2,1-3H3,(H,23,26)(H,22,24,25). The summed E-state index contributed by atoms with van der Waals surface area (Å²) in [5.41, 5.74) is 5.44. The molecule has 132 valence electrons. The van der Waals surface area contributed by atoms with Crippen LogP contribution in [0.15, 0.2) is 54.7 Å². The van der Waals surface area contributed by atoms with Crippen LogP contribution in [0.4, 0.5) is 17.3 Å². The van der Waals surface area contributed by atoms with Gasteiger partial charge in [0.2, 0.25) is 5.95 Å². The Balaban J connectivity index is 1.75. The first kappa shape index (κ1) is 17.6. The van der Waals surface area contributed by atoms with Crippen molar-refractivity contribution in [2.45, 2.75) is 27.2 Å². The fourth-order valence-electron chi connectivity index (χ4n) is 2.56. The maximum atomic E-state index is 12.5. The highest BCUT2D eigenvalue weighted by Crippen LogP contribution is 2.20. The quantitative estimate of drug-likeness (QED) is 0.705. The number of carbonyl (C=O) groups excluding carboxylic acids is 1. The highest BCUT2D eigenvalue weighted by Gasteiger charge is 2.10. The Hall–Kier alpha value is -3.21. The Morgan fingerprint density at radius 3 is 2.54 bits per heavy atom. The van der Waals surface area contributed by atoms with Gasteiger partial charge in [-0.2, -0.15) is 0 Å². The van der Waals surface area contributed by atoms with Gasteiger partial charge in [0.15, 0.2) is 0 Å². The molecule has 1 aromatic heterocycles. The molecule has 5 heteroatoms. The van der Waals surface area contributed by atoms with Crippen molar-refractivity contribution in [2.75, 3.05) is 10.6 Å². The first-order valence-electron chi connectivity index (χ1n) is 8.63. The lowest BCUT2D eigenvalue weighted by atomic mass is 10.1. The van der Waals surface area contributed by atoms with Gasteiger partial charge in [0.05, 0.1) is 0 Å². The van der Waals surface area contributed by atoms with Crippen molar-refractivity contribution < 1.29 is 4.79 Å². The second-order valence-electron chi connectivity index (χ2n) is 6.21. The summed E-state index contributed by atoms with van der Waals surface area (Å²) in [4.78, 5) is 21.0. The smallest absolute Gasteiger partial charge is 0.274 e. The number of rotatable bonds is 5. The van der Waals surface area contributed by atoms with Crippen LogP contribution in [0.3, 0.4) is 0 Å². The molecular weight excluding hydrogens is 324 g/mol. The van der Waals surface area contributed by atoms with E-state index in [1.54, 1.807) is 12.3 Å². The largest absolute Gasteiger partial charge is 0.324 e. The Morgan fingerprint density at radius 1 is 1.04 bits per heavy atom. The molecule has 0 fully saturated rings. The third-order valence-electron chi connectivity index (χ3n) is 4.15. The molecule has 5 nitrogen and oxygen atoms in total. The maximum absolute atomic E-state index is 12.5. The van der Waals surface area contributed by atoms with Gasteiger partial charge in [-0.15, -0.1) is 0 Å². The van der Waals surface area contributed by atoms with Crippen molar-refractivity contribution in [1.29, 1.82) is 0 Å². The highest BCUT2D eigenvalue weighted by atomic mass is 16.1. The number of aryl methyl sites for hydroxylation is 3. The van der Waals surface area contributed by atoms with Gasteiger partial charge in [0.25, 0.3) is 5.91 Å². The molecule has 3 aromatic rings. The van der Waals surface area contributed by atoms with Crippen LogP contribution in [0, 0.1) is 13.8 Å². The van der Waals surface area contributed by atoms with E-state index in [9.17, 15) is 4.79 Å². The van der Waals surface area contributed by atoms with Crippen LogP contribution in [-0.2, 0) is 6.42 Å². The fourth-order valence-corrected chi connectivity index (χ4v) is 2.56. The third-order valence-corrected chi connectivity index (χ3v) is 4.15. The minimum Gasteiger partial charge on any atom is -0.324 e. The first-order chi connectivity index (χ1) is 12.5. The van der Waals surface area contributed by atoms with Crippen LogP contribution in [0.2, 0.25) is 0 Å². The highest BCUT2D eigenvalue weighted by molar-refractivity contribution is 6.03. The molecule has 1 amide bonds. The lowest BCUT2D eigenvalue weighted by Gasteiger charge is -2.10. The molecule has 26 heavy (non-hydrogen) atoms. The molecule has 0 saturated carbocycles. The predicted octanol–water partition coefficient (Wildman–Crippen LogP) is 4.65. The van der Waals surface area contributed by atoms with Crippen molar-refractivity contribution >= 4 is 23.2 Å². The minimum absolute atomic E-state index is 0.263. The summed E-state index contributed by atoms with van der Waals surface area (Å²) in [5.74, 6) is 0.133. The predicted molar refractivity (Wildman–Crippen MR) is 105 cm³/mol. The zero-order valence-electron chi connectivity index (χ0n) is 15.2. The van der Waals surface area contributed by atoms with Crippen LogP contribution in [0.1, 0.15) is 34.1 Å². The molecule has 0 aliphatic carbocycles. The molecule has 0 aliphatic heterocycles. The van der Waals surface area contributed by atoms with Gasteiger partial charge in [-0.3, -0.25) is 4.79 Å². The molecule has 1 heterocycles. The van der Waals surface area contributed by atoms with E-state index in [-0.39, 0.29) is 5.91 Å². The third kappa shape index (κ3) is 4.25. The number of aromatic nitrogens is 2. The number of benzene rings is 2. The summed E-state index contributed by atoms with van der Waals surface area (Å²) in [7, 11) is 0. The van der Waals surface area contributed by atoms with E-state index in [2.05, 4.69) is 33.6 Å². The number of anilines is 3. The molecule has 0 spiro atoms. The van der Waals surface area contributed by atoms with Crippen molar-refractivity contribution in [1.82, 2.24) is 9.97 Å². The molecule has 2 N–H and O–H groups in total. The van der Waals surface area contributed by atoms with E-state index < -0.39 is 0 Å². The summed E-state index contributed by atoms with van der Waals surface area (Å²) in [6.07, 6.45) is 2.54.